The number of piperidine rings is 1. The van der Waals surface area contributed by atoms with Gasteiger partial charge in [-0.25, -0.2) is 4.99 Å². The van der Waals surface area contributed by atoms with Crippen molar-refractivity contribution in [3.8, 4) is 0 Å². The molecule has 1 fully saturated rings. The van der Waals surface area contributed by atoms with E-state index in [1.807, 2.05) is 6.08 Å². The molecule has 7 heteroatoms. The van der Waals surface area contributed by atoms with E-state index in [-0.39, 0.29) is 6.17 Å². The summed E-state index contributed by atoms with van der Waals surface area (Å²) < 4.78 is 3.44. The molecule has 0 aliphatic carbocycles. The SMILES string of the molecule is C=C/C(Br)=C1/N=C(c2ccccc2C)CC(NCC2CCN(S(=C)(=C)c3ccc(SC)cc3)CC2)N1C. The Morgan fingerprint density at radius 1 is 1.16 bits per heavy atom. The Hall–Kier alpha value is -1.77. The predicted octanol–water partition coefficient (Wildman–Crippen LogP) is 6.86. The summed E-state index contributed by atoms with van der Waals surface area (Å²) in [5.74, 6) is 10.7. The Morgan fingerprint density at radius 2 is 1.84 bits per heavy atom. The maximum Gasteiger partial charge on any atom is 0.144 e. The number of nitrogens with zero attached hydrogens (tertiary/aromatic N) is 3. The molecule has 2 aliphatic heterocycles. The molecule has 2 aromatic rings. The second-order valence-electron chi connectivity index (χ2n) is 9.88. The van der Waals surface area contributed by atoms with E-state index in [1.54, 1.807) is 11.8 Å². The summed E-state index contributed by atoms with van der Waals surface area (Å²) in [5.41, 5.74) is 3.59. The minimum absolute atomic E-state index is 0.174. The monoisotopic (exact) mass is 598 g/mol. The van der Waals surface area contributed by atoms with Crippen LogP contribution in [0.5, 0.6) is 0 Å². The number of aliphatic imine (C=N–C) groups is 1. The molecule has 198 valence electrons. The van der Waals surface area contributed by atoms with Gasteiger partial charge < -0.3 is 4.90 Å². The van der Waals surface area contributed by atoms with Crippen molar-refractivity contribution >= 4 is 54.5 Å². The molecular weight excluding hydrogens is 560 g/mol. The fraction of sp³-hybridized carbons (Fsp3) is 0.367. The molecule has 4 rings (SSSR count). The van der Waals surface area contributed by atoms with Gasteiger partial charge in [0, 0.05) is 36.3 Å². The van der Waals surface area contributed by atoms with Crippen LogP contribution < -0.4 is 5.32 Å². The van der Waals surface area contributed by atoms with E-state index in [4.69, 9.17) is 4.99 Å². The first-order valence-electron chi connectivity index (χ1n) is 12.7. The van der Waals surface area contributed by atoms with Crippen LogP contribution in [-0.4, -0.2) is 65.8 Å². The van der Waals surface area contributed by atoms with Gasteiger partial charge in [-0.3, -0.25) is 9.62 Å². The van der Waals surface area contributed by atoms with E-state index in [0.717, 1.165) is 54.9 Å². The molecule has 0 bridgehead atoms. The summed E-state index contributed by atoms with van der Waals surface area (Å²) in [6.07, 6.45) is 7.28. The Bertz CT molecular complexity index is 1270. The largest absolute Gasteiger partial charge is 0.343 e. The second-order valence-corrected chi connectivity index (χ2v) is 14.3. The molecule has 1 unspecified atom stereocenters. The van der Waals surface area contributed by atoms with Crippen molar-refractivity contribution < 1.29 is 0 Å². The highest BCUT2D eigenvalue weighted by Crippen LogP contribution is 2.39. The van der Waals surface area contributed by atoms with Gasteiger partial charge in [-0.15, -0.1) is 21.2 Å². The van der Waals surface area contributed by atoms with E-state index < -0.39 is 9.39 Å². The molecular formula is C30H39BrN4S2. The lowest BCUT2D eigenvalue weighted by Crippen LogP contribution is -2.49. The number of nitrogens with one attached hydrogen (secondary N) is 1. The first kappa shape index (κ1) is 28.2. The van der Waals surface area contributed by atoms with Crippen LogP contribution in [0.2, 0.25) is 0 Å². The third-order valence-corrected chi connectivity index (χ3v) is 11.4. The van der Waals surface area contributed by atoms with Crippen molar-refractivity contribution in [3.63, 3.8) is 0 Å². The minimum atomic E-state index is -1.46. The zero-order valence-corrected chi connectivity index (χ0v) is 25.5. The normalized spacial score (nSPS) is 21.0. The van der Waals surface area contributed by atoms with E-state index in [0.29, 0.717) is 5.92 Å². The summed E-state index contributed by atoms with van der Waals surface area (Å²) in [6, 6.07) is 17.3. The molecule has 1 atom stereocenters. The number of rotatable bonds is 8. The van der Waals surface area contributed by atoms with Crippen molar-refractivity contribution in [3.05, 3.63) is 82.6 Å². The quantitative estimate of drug-likeness (QED) is 0.265. The fourth-order valence-corrected chi connectivity index (χ4v) is 7.68. The van der Waals surface area contributed by atoms with E-state index >= 15 is 0 Å². The molecule has 1 N–H and O–H groups in total. The number of hydrogen-bond donors (Lipinski definition) is 1. The summed E-state index contributed by atoms with van der Waals surface area (Å²) in [5, 5.41) is 3.88. The first-order chi connectivity index (χ1) is 17.7. The van der Waals surface area contributed by atoms with Crippen molar-refractivity contribution in [2.75, 3.05) is 32.9 Å². The van der Waals surface area contributed by atoms with Crippen LogP contribution in [0.1, 0.15) is 30.4 Å². The molecule has 0 radical (unpaired) electrons. The molecule has 1 saturated heterocycles. The van der Waals surface area contributed by atoms with Crippen molar-refractivity contribution in [2.45, 2.75) is 42.1 Å². The number of halogens is 1. The highest BCUT2D eigenvalue weighted by molar-refractivity contribution is 9.11. The molecule has 0 amide bonds. The Balaban J connectivity index is 1.40. The van der Waals surface area contributed by atoms with Gasteiger partial charge in [0.25, 0.3) is 0 Å². The van der Waals surface area contributed by atoms with Gasteiger partial charge in [0.1, 0.15) is 5.82 Å². The van der Waals surface area contributed by atoms with E-state index in [1.165, 1.54) is 20.9 Å². The van der Waals surface area contributed by atoms with E-state index in [2.05, 4.69) is 118 Å². The third kappa shape index (κ3) is 6.45. The summed E-state index contributed by atoms with van der Waals surface area (Å²) in [7, 11) is 0.658. The number of allylic oxidation sites excluding steroid dienone is 2. The maximum absolute atomic E-state index is 5.03. The Morgan fingerprint density at radius 3 is 2.46 bits per heavy atom. The van der Waals surface area contributed by atoms with Gasteiger partial charge >= 0.3 is 0 Å². The van der Waals surface area contributed by atoms with Crippen molar-refractivity contribution in [1.29, 1.82) is 0 Å². The van der Waals surface area contributed by atoms with Crippen LogP contribution in [0.4, 0.5) is 0 Å². The van der Waals surface area contributed by atoms with Crippen LogP contribution in [0.25, 0.3) is 0 Å². The lowest BCUT2D eigenvalue weighted by atomic mass is 9.96. The smallest absolute Gasteiger partial charge is 0.144 e. The average molecular weight is 600 g/mol. The van der Waals surface area contributed by atoms with Gasteiger partial charge in [-0.1, -0.05) is 48.7 Å². The minimum Gasteiger partial charge on any atom is -0.343 e. The Labute approximate surface area is 236 Å². The molecule has 0 saturated carbocycles. The summed E-state index contributed by atoms with van der Waals surface area (Å²) in [6.45, 7) is 9.18. The molecule has 0 spiro atoms. The second kappa shape index (κ2) is 12.4. The van der Waals surface area contributed by atoms with Crippen LogP contribution >= 0.6 is 37.1 Å². The summed E-state index contributed by atoms with van der Waals surface area (Å²) in [4.78, 5) is 9.82. The maximum atomic E-state index is 5.03. The summed E-state index contributed by atoms with van der Waals surface area (Å²) >= 11 is 5.44. The van der Waals surface area contributed by atoms with Gasteiger partial charge in [-0.05, 0) is 89.8 Å². The molecule has 2 heterocycles. The van der Waals surface area contributed by atoms with Crippen LogP contribution in [0.3, 0.4) is 0 Å². The predicted molar refractivity (Wildman–Crippen MR) is 171 cm³/mol. The number of benzene rings is 2. The Kier molecular flexibility index (Phi) is 9.46. The molecule has 4 nitrogen and oxygen atoms in total. The highest BCUT2D eigenvalue weighted by Gasteiger charge is 2.29. The lowest BCUT2D eigenvalue weighted by molar-refractivity contribution is 0.215. The third-order valence-electron chi connectivity index (χ3n) is 7.49. The van der Waals surface area contributed by atoms with Gasteiger partial charge in [0.05, 0.1) is 16.4 Å². The van der Waals surface area contributed by atoms with Gasteiger partial charge in [0.2, 0.25) is 0 Å². The van der Waals surface area contributed by atoms with Crippen molar-refractivity contribution in [2.24, 2.45) is 10.9 Å². The van der Waals surface area contributed by atoms with Gasteiger partial charge in [0.15, 0.2) is 0 Å². The number of aryl methyl sites for hydroxylation is 1. The molecule has 37 heavy (non-hydrogen) atoms. The lowest BCUT2D eigenvalue weighted by Gasteiger charge is -2.40. The molecule has 2 aliphatic rings. The number of hydrogen-bond acceptors (Lipinski definition) is 5. The van der Waals surface area contributed by atoms with Crippen molar-refractivity contribution in [1.82, 2.24) is 14.5 Å². The molecule has 2 aromatic carbocycles. The zero-order chi connectivity index (χ0) is 26.6. The number of thioether (sulfide) groups is 1. The van der Waals surface area contributed by atoms with Crippen LogP contribution in [-0.2, 0) is 0 Å². The standard InChI is InChI=1S/C30H39BrN4S2/c1-7-27(31)30-33-28(26-11-9-8-10-22(26)2)20-29(34(30)3)32-21-23-16-18-35(19-17-23)37(5,6)25-14-12-24(36-4)13-15-25/h7-15,23,29,32H,1,5-6,16-21H2,2-4H3/b30-27+. The topological polar surface area (TPSA) is 30.9 Å². The molecule has 0 aromatic heterocycles. The van der Waals surface area contributed by atoms with Crippen LogP contribution in [0, 0.1) is 12.8 Å². The van der Waals surface area contributed by atoms with Crippen LogP contribution in [0.15, 0.2) is 86.3 Å². The first-order valence-corrected chi connectivity index (χ1v) is 16.7. The zero-order valence-electron chi connectivity index (χ0n) is 22.3. The van der Waals surface area contributed by atoms with Gasteiger partial charge in [-0.2, -0.15) is 0 Å². The fourth-order valence-electron chi connectivity index (χ4n) is 5.05. The highest BCUT2D eigenvalue weighted by atomic mass is 79.9. The average Bonchev–Trinajstić information content (AvgIpc) is 2.92. The van der Waals surface area contributed by atoms with E-state index in [9.17, 15) is 0 Å².